The molecule has 0 bridgehead atoms. The van der Waals surface area contributed by atoms with Gasteiger partial charge in [0.05, 0.1) is 29.5 Å². The molecular formula is C18H18N6O. The van der Waals surface area contributed by atoms with Crippen LogP contribution >= 0.6 is 0 Å². The van der Waals surface area contributed by atoms with Crippen molar-refractivity contribution in [1.82, 2.24) is 29.6 Å². The second-order valence-electron chi connectivity index (χ2n) is 6.54. The quantitative estimate of drug-likeness (QED) is 0.774. The zero-order valence-corrected chi connectivity index (χ0v) is 13.7. The van der Waals surface area contributed by atoms with Crippen LogP contribution in [0.5, 0.6) is 0 Å². The summed E-state index contributed by atoms with van der Waals surface area (Å²) < 4.78 is 1.95. The number of fused-ring (bicyclic) bond motifs is 2. The summed E-state index contributed by atoms with van der Waals surface area (Å²) in [5.74, 6) is 0.0330. The van der Waals surface area contributed by atoms with Crippen LogP contribution in [-0.2, 0) is 19.4 Å². The van der Waals surface area contributed by atoms with Crippen molar-refractivity contribution in [2.75, 3.05) is 6.54 Å². The third-order valence-corrected chi connectivity index (χ3v) is 5.15. The van der Waals surface area contributed by atoms with E-state index in [4.69, 9.17) is 0 Å². The van der Waals surface area contributed by atoms with Crippen LogP contribution in [-0.4, -0.2) is 42.1 Å². The van der Waals surface area contributed by atoms with E-state index in [0.717, 1.165) is 54.0 Å². The van der Waals surface area contributed by atoms with Gasteiger partial charge >= 0.3 is 0 Å². The van der Waals surface area contributed by atoms with E-state index >= 15 is 0 Å². The SMILES string of the molecule is O=C(c1cnn2c1CCC2)N1CCc2[nH]cnc2C1c1cccnc1. The van der Waals surface area contributed by atoms with Crippen LogP contribution in [0.15, 0.2) is 37.1 Å². The van der Waals surface area contributed by atoms with E-state index in [1.807, 2.05) is 27.9 Å². The van der Waals surface area contributed by atoms with Crippen molar-refractivity contribution < 1.29 is 4.79 Å². The molecule has 5 rings (SSSR count). The Labute approximate surface area is 144 Å². The highest BCUT2D eigenvalue weighted by Gasteiger charge is 2.36. The fourth-order valence-corrected chi connectivity index (χ4v) is 3.97. The summed E-state index contributed by atoms with van der Waals surface area (Å²) in [6.45, 7) is 1.55. The number of amides is 1. The number of H-pyrrole nitrogens is 1. The van der Waals surface area contributed by atoms with E-state index in [2.05, 4.69) is 20.1 Å². The monoisotopic (exact) mass is 334 g/mol. The summed E-state index contributed by atoms with van der Waals surface area (Å²) in [4.78, 5) is 27.2. The highest BCUT2D eigenvalue weighted by Crippen LogP contribution is 2.34. The number of hydrogen-bond donors (Lipinski definition) is 1. The maximum absolute atomic E-state index is 13.4. The van der Waals surface area contributed by atoms with Crippen LogP contribution in [0.1, 0.15) is 45.5 Å². The van der Waals surface area contributed by atoms with E-state index in [1.165, 1.54) is 0 Å². The largest absolute Gasteiger partial charge is 0.348 e. The van der Waals surface area contributed by atoms with Crippen molar-refractivity contribution in [2.24, 2.45) is 0 Å². The summed E-state index contributed by atoms with van der Waals surface area (Å²) in [5.41, 5.74) is 4.77. The lowest BCUT2D eigenvalue weighted by Crippen LogP contribution is -2.41. The molecule has 1 amide bonds. The molecule has 25 heavy (non-hydrogen) atoms. The van der Waals surface area contributed by atoms with Crippen LogP contribution in [0.2, 0.25) is 0 Å². The van der Waals surface area contributed by atoms with Gasteiger partial charge in [-0.3, -0.25) is 14.5 Å². The third kappa shape index (κ3) is 2.19. The molecule has 2 aliphatic heterocycles. The van der Waals surface area contributed by atoms with Crippen LogP contribution in [0.4, 0.5) is 0 Å². The standard InChI is InChI=1S/C18H18N6O/c25-18(13-10-22-24-7-2-4-15(13)24)23-8-5-14-16(21-11-20-14)17(23)12-3-1-6-19-9-12/h1,3,6,9-11,17H,2,4-5,7-8H2,(H,20,21). The lowest BCUT2D eigenvalue weighted by molar-refractivity contribution is 0.0689. The van der Waals surface area contributed by atoms with Crippen LogP contribution in [0.25, 0.3) is 0 Å². The number of carbonyl (C=O) groups excluding carboxylic acids is 1. The first kappa shape index (κ1) is 14.4. The number of nitrogens with zero attached hydrogens (tertiary/aromatic N) is 5. The van der Waals surface area contributed by atoms with Gasteiger partial charge in [-0.1, -0.05) is 6.07 Å². The molecule has 0 saturated heterocycles. The first-order valence-corrected chi connectivity index (χ1v) is 8.60. The van der Waals surface area contributed by atoms with Crippen molar-refractivity contribution in [3.63, 3.8) is 0 Å². The number of aryl methyl sites for hydroxylation is 1. The van der Waals surface area contributed by atoms with Gasteiger partial charge in [-0.05, 0) is 24.5 Å². The average molecular weight is 334 g/mol. The van der Waals surface area contributed by atoms with E-state index in [1.54, 1.807) is 18.7 Å². The normalized spacial score (nSPS) is 18.9. The molecule has 1 atom stereocenters. The van der Waals surface area contributed by atoms with Crippen LogP contribution < -0.4 is 0 Å². The molecule has 0 spiro atoms. The maximum atomic E-state index is 13.4. The minimum atomic E-state index is -0.215. The molecule has 3 aromatic heterocycles. The van der Waals surface area contributed by atoms with Crippen molar-refractivity contribution in [3.05, 3.63) is 65.3 Å². The predicted octanol–water partition coefficient (Wildman–Crippen LogP) is 1.74. The fraction of sp³-hybridized carbons (Fsp3) is 0.333. The molecule has 126 valence electrons. The number of hydrogen-bond acceptors (Lipinski definition) is 4. The van der Waals surface area contributed by atoms with Crippen LogP contribution in [0, 0.1) is 0 Å². The Hall–Kier alpha value is -2.96. The summed E-state index contributed by atoms with van der Waals surface area (Å²) >= 11 is 0. The summed E-state index contributed by atoms with van der Waals surface area (Å²) in [5, 5.41) is 4.38. The highest BCUT2D eigenvalue weighted by molar-refractivity contribution is 5.96. The Balaban J connectivity index is 1.58. The number of carbonyl (C=O) groups is 1. The lowest BCUT2D eigenvalue weighted by atomic mass is 9.96. The Morgan fingerprint density at radius 2 is 2.20 bits per heavy atom. The molecule has 5 heterocycles. The fourth-order valence-electron chi connectivity index (χ4n) is 3.97. The van der Waals surface area contributed by atoms with Crippen molar-refractivity contribution in [3.8, 4) is 0 Å². The zero-order valence-electron chi connectivity index (χ0n) is 13.7. The van der Waals surface area contributed by atoms with Gasteiger partial charge in [0.25, 0.3) is 5.91 Å². The first-order valence-electron chi connectivity index (χ1n) is 8.60. The molecule has 0 fully saturated rings. The van der Waals surface area contributed by atoms with Gasteiger partial charge in [-0.25, -0.2) is 4.98 Å². The van der Waals surface area contributed by atoms with Gasteiger partial charge in [0.2, 0.25) is 0 Å². The Morgan fingerprint density at radius 3 is 3.08 bits per heavy atom. The van der Waals surface area contributed by atoms with Crippen molar-refractivity contribution >= 4 is 5.91 Å². The van der Waals surface area contributed by atoms with E-state index in [-0.39, 0.29) is 11.9 Å². The molecule has 0 aromatic carbocycles. The minimum absolute atomic E-state index is 0.0330. The van der Waals surface area contributed by atoms with E-state index in [0.29, 0.717) is 6.54 Å². The second kappa shape index (κ2) is 5.54. The van der Waals surface area contributed by atoms with Gasteiger partial charge in [0, 0.05) is 37.6 Å². The van der Waals surface area contributed by atoms with Gasteiger partial charge in [-0.15, -0.1) is 0 Å². The molecule has 7 nitrogen and oxygen atoms in total. The van der Waals surface area contributed by atoms with Gasteiger partial charge < -0.3 is 9.88 Å². The molecule has 2 aliphatic rings. The molecule has 1 N–H and O–H groups in total. The molecule has 3 aromatic rings. The average Bonchev–Trinajstić information content (AvgIpc) is 3.37. The number of aromatic amines is 1. The second-order valence-corrected chi connectivity index (χ2v) is 6.54. The summed E-state index contributed by atoms with van der Waals surface area (Å²) in [7, 11) is 0. The van der Waals surface area contributed by atoms with E-state index < -0.39 is 0 Å². The molecule has 1 unspecified atom stereocenters. The van der Waals surface area contributed by atoms with Crippen molar-refractivity contribution in [1.29, 1.82) is 0 Å². The third-order valence-electron chi connectivity index (χ3n) is 5.15. The number of rotatable bonds is 2. The summed E-state index contributed by atoms with van der Waals surface area (Å²) in [6, 6.07) is 3.69. The van der Waals surface area contributed by atoms with Crippen LogP contribution in [0.3, 0.4) is 0 Å². The minimum Gasteiger partial charge on any atom is -0.348 e. The van der Waals surface area contributed by atoms with Crippen molar-refractivity contribution in [2.45, 2.75) is 31.8 Å². The Bertz CT molecular complexity index is 928. The Morgan fingerprint density at radius 1 is 1.24 bits per heavy atom. The predicted molar refractivity (Wildman–Crippen MR) is 90.0 cm³/mol. The zero-order chi connectivity index (χ0) is 16.8. The smallest absolute Gasteiger partial charge is 0.258 e. The molecule has 0 radical (unpaired) electrons. The van der Waals surface area contributed by atoms with E-state index in [9.17, 15) is 4.79 Å². The van der Waals surface area contributed by atoms with Gasteiger partial charge in [-0.2, -0.15) is 5.10 Å². The van der Waals surface area contributed by atoms with Gasteiger partial charge in [0.1, 0.15) is 6.04 Å². The maximum Gasteiger partial charge on any atom is 0.258 e. The Kier molecular flexibility index (Phi) is 3.19. The number of nitrogens with one attached hydrogen (secondary N) is 1. The highest BCUT2D eigenvalue weighted by atomic mass is 16.2. The molecule has 0 aliphatic carbocycles. The molecule has 0 saturated carbocycles. The number of aromatic nitrogens is 5. The lowest BCUT2D eigenvalue weighted by Gasteiger charge is -2.35. The molecular weight excluding hydrogens is 316 g/mol. The topological polar surface area (TPSA) is 79.7 Å². The molecule has 7 heteroatoms. The summed E-state index contributed by atoms with van der Waals surface area (Å²) in [6.07, 6.45) is 9.74. The number of pyridine rings is 1. The van der Waals surface area contributed by atoms with Gasteiger partial charge in [0.15, 0.2) is 0 Å². The number of imidazole rings is 1. The first-order chi connectivity index (χ1) is 12.3.